The van der Waals surface area contributed by atoms with Gasteiger partial charge in [0.25, 0.3) is 18.4 Å². The molecule has 0 amide bonds. The molecule has 0 bridgehead atoms. The first-order valence-electron chi connectivity index (χ1n) is 12.1. The molecule has 1 aliphatic rings. The summed E-state index contributed by atoms with van der Waals surface area (Å²) in [5, 5.41) is 1.33. The minimum absolute atomic E-state index is 0.303. The van der Waals surface area contributed by atoms with Crippen molar-refractivity contribution in [3.05, 3.63) is 60.7 Å². The van der Waals surface area contributed by atoms with Gasteiger partial charge >= 0.3 is 15.6 Å². The van der Waals surface area contributed by atoms with Gasteiger partial charge in [-0.15, -0.1) is 0 Å². The molecule has 2 aromatic carbocycles. The predicted molar refractivity (Wildman–Crippen MR) is 142 cm³/mol. The first-order valence-corrected chi connectivity index (χ1v) is 17.2. The van der Waals surface area contributed by atoms with Gasteiger partial charge in [0, 0.05) is 5.92 Å². The van der Waals surface area contributed by atoms with Crippen LogP contribution in [-0.4, -0.2) is 68.4 Å². The predicted octanol–water partition coefficient (Wildman–Crippen LogP) is 3.18. The van der Waals surface area contributed by atoms with Crippen LogP contribution in [0.2, 0.25) is 5.04 Å². The fourth-order valence-electron chi connectivity index (χ4n) is 4.78. The van der Waals surface area contributed by atoms with E-state index in [0.717, 1.165) is 16.6 Å². The molecule has 0 spiro atoms. The second-order valence-electron chi connectivity index (χ2n) is 10.6. The summed E-state index contributed by atoms with van der Waals surface area (Å²) in [5.41, 5.74) is -7.27. The van der Waals surface area contributed by atoms with E-state index in [-0.39, 0.29) is 6.61 Å². The first-order chi connectivity index (χ1) is 17.8. The largest absolute Gasteiger partial charge is 0.523 e. The maximum Gasteiger partial charge on any atom is 0.523 e. The topological polar surface area (TPSA) is 105 Å². The highest BCUT2D eigenvalue weighted by atomic mass is 32.2. The highest BCUT2D eigenvalue weighted by molar-refractivity contribution is 7.87. The lowest BCUT2D eigenvalue weighted by Crippen LogP contribution is -2.68. The summed E-state index contributed by atoms with van der Waals surface area (Å²) in [6.45, 7) is 6.00. The van der Waals surface area contributed by atoms with E-state index >= 15 is 0 Å². The molecule has 0 unspecified atom stereocenters. The number of alkyl halides is 3. The highest BCUT2D eigenvalue weighted by Gasteiger charge is 2.57. The van der Waals surface area contributed by atoms with E-state index in [2.05, 4.69) is 4.18 Å². The van der Waals surface area contributed by atoms with Crippen molar-refractivity contribution in [2.24, 2.45) is 5.92 Å². The zero-order valence-electron chi connectivity index (χ0n) is 22.3. The second kappa shape index (κ2) is 11.2. The van der Waals surface area contributed by atoms with Gasteiger partial charge in [0.15, 0.2) is 0 Å². The smallest absolute Gasteiger partial charge is 0.404 e. The molecule has 1 fully saturated rings. The van der Waals surface area contributed by atoms with E-state index in [9.17, 15) is 30.0 Å². The van der Waals surface area contributed by atoms with Crippen LogP contribution in [0.25, 0.3) is 0 Å². The van der Waals surface area contributed by atoms with Crippen LogP contribution in [-0.2, 0) is 37.8 Å². The van der Waals surface area contributed by atoms with Crippen LogP contribution < -0.4 is 10.4 Å². The van der Waals surface area contributed by atoms with Gasteiger partial charge in [0.1, 0.15) is 11.7 Å². The molecule has 1 heterocycles. The lowest BCUT2D eigenvalue weighted by Gasteiger charge is -2.45. The van der Waals surface area contributed by atoms with E-state index in [1.54, 1.807) is 0 Å². The molecule has 0 N–H and O–H groups in total. The van der Waals surface area contributed by atoms with Crippen molar-refractivity contribution in [1.29, 1.82) is 0 Å². The molecule has 3 rings (SSSR count). The average molecular weight is 611 g/mol. The van der Waals surface area contributed by atoms with E-state index in [1.807, 2.05) is 81.4 Å². The van der Waals surface area contributed by atoms with Crippen LogP contribution in [0.1, 0.15) is 27.7 Å². The number of hydrogen-bond donors (Lipinski definition) is 0. The molecule has 3 atom stereocenters. The lowest BCUT2D eigenvalue weighted by molar-refractivity contribution is -0.0793. The van der Waals surface area contributed by atoms with Crippen molar-refractivity contribution < 1.29 is 47.5 Å². The van der Waals surface area contributed by atoms with Crippen molar-refractivity contribution >= 4 is 38.9 Å². The molecule has 1 aliphatic heterocycles. The molecule has 8 nitrogen and oxygen atoms in total. The zero-order chi connectivity index (χ0) is 29.3. The number of halogens is 3. The normalized spacial score (nSPS) is 23.2. The third-order valence-corrected chi connectivity index (χ3v) is 13.5. The van der Waals surface area contributed by atoms with Crippen LogP contribution in [0.4, 0.5) is 13.2 Å². The average Bonchev–Trinajstić information content (AvgIpc) is 3.12. The SMILES string of the molecule is C[C@H]1[C@H](OS(=O)(=O)C(F)(F)F)CO[C@@]1(CO[Si](c1ccccc1)(c1ccccc1)C(C)(C)C)COS(C)(=O)=O. The Morgan fingerprint density at radius 3 is 1.82 bits per heavy atom. The van der Waals surface area contributed by atoms with Gasteiger partial charge in [-0.05, 0) is 15.4 Å². The summed E-state index contributed by atoms with van der Waals surface area (Å²) in [6, 6.07) is 19.0. The monoisotopic (exact) mass is 610 g/mol. The number of benzene rings is 2. The summed E-state index contributed by atoms with van der Waals surface area (Å²) >= 11 is 0. The van der Waals surface area contributed by atoms with Crippen LogP contribution in [0.15, 0.2) is 60.7 Å². The molecule has 0 aliphatic carbocycles. The Bertz CT molecular complexity index is 1290. The van der Waals surface area contributed by atoms with Crippen molar-refractivity contribution in [1.82, 2.24) is 0 Å². The van der Waals surface area contributed by atoms with Crippen LogP contribution in [0, 0.1) is 5.92 Å². The number of ether oxygens (including phenoxy) is 1. The molecule has 14 heteroatoms. The summed E-state index contributed by atoms with van der Waals surface area (Å²) in [7, 11) is -13.1. The molecular weight excluding hydrogens is 577 g/mol. The van der Waals surface area contributed by atoms with Gasteiger partial charge in [0.05, 0.1) is 26.1 Å². The minimum Gasteiger partial charge on any atom is -0.404 e. The fraction of sp³-hybridized carbons (Fsp3) is 0.520. The molecule has 218 valence electrons. The molecule has 39 heavy (non-hydrogen) atoms. The van der Waals surface area contributed by atoms with Gasteiger partial charge in [-0.2, -0.15) is 30.0 Å². The fourth-order valence-corrected chi connectivity index (χ4v) is 10.5. The Morgan fingerprint density at radius 2 is 1.41 bits per heavy atom. The summed E-state index contributed by atoms with van der Waals surface area (Å²) in [6.07, 6.45) is -0.728. The van der Waals surface area contributed by atoms with Gasteiger partial charge in [-0.25, -0.2) is 0 Å². The molecule has 0 saturated carbocycles. The Kier molecular flexibility index (Phi) is 9.12. The Balaban J connectivity index is 2.08. The third kappa shape index (κ3) is 6.74. The molecule has 1 saturated heterocycles. The summed E-state index contributed by atoms with van der Waals surface area (Å²) in [4.78, 5) is 0. The zero-order valence-corrected chi connectivity index (χ0v) is 24.9. The van der Waals surface area contributed by atoms with E-state index in [0.29, 0.717) is 0 Å². The second-order valence-corrected chi connectivity index (χ2v) is 18.1. The first kappa shape index (κ1) is 31.7. The Morgan fingerprint density at radius 1 is 0.923 bits per heavy atom. The lowest BCUT2D eigenvalue weighted by atomic mass is 9.89. The minimum atomic E-state index is -5.93. The summed E-state index contributed by atoms with van der Waals surface area (Å²) in [5.74, 6) is -1.06. The van der Waals surface area contributed by atoms with Crippen LogP contribution in [0.5, 0.6) is 0 Å². The van der Waals surface area contributed by atoms with Crippen LogP contribution >= 0.6 is 0 Å². The third-order valence-electron chi connectivity index (χ3n) is 6.92. The highest BCUT2D eigenvalue weighted by Crippen LogP contribution is 2.41. The van der Waals surface area contributed by atoms with Gasteiger partial charge in [-0.3, -0.25) is 8.37 Å². The van der Waals surface area contributed by atoms with Crippen molar-refractivity contribution in [3.8, 4) is 0 Å². The van der Waals surface area contributed by atoms with Crippen molar-refractivity contribution in [3.63, 3.8) is 0 Å². The Hall–Kier alpha value is -1.81. The maximum absolute atomic E-state index is 13.0. The van der Waals surface area contributed by atoms with E-state index in [4.69, 9.17) is 13.3 Å². The standard InChI is InChI=1S/C25H33F3O8S2Si/c1-19-22(36-38(31,32)25(26,27)28)16-33-24(19,17-34-37(5,29)30)18-35-39(23(2,3)4,20-12-8-6-9-13-20)21-14-10-7-11-15-21/h6-15,19,22H,16-18H2,1-5H3/t19-,22+,24+/m0/s1. The molecular formula is C25H33F3O8S2Si. The number of hydrogen-bond acceptors (Lipinski definition) is 8. The molecule has 2 aromatic rings. The van der Waals surface area contributed by atoms with Gasteiger partial charge in [-0.1, -0.05) is 88.4 Å². The molecule has 0 aromatic heterocycles. The quantitative estimate of drug-likeness (QED) is 0.230. The van der Waals surface area contributed by atoms with E-state index < -0.39 is 69.9 Å². The Labute approximate surface area is 228 Å². The number of rotatable bonds is 10. The van der Waals surface area contributed by atoms with Gasteiger partial charge in [0.2, 0.25) is 0 Å². The van der Waals surface area contributed by atoms with Crippen molar-refractivity contribution in [2.75, 3.05) is 26.1 Å². The molecule has 0 radical (unpaired) electrons. The van der Waals surface area contributed by atoms with E-state index in [1.165, 1.54) is 6.92 Å². The van der Waals surface area contributed by atoms with Crippen LogP contribution in [0.3, 0.4) is 0 Å². The van der Waals surface area contributed by atoms with Crippen molar-refractivity contribution in [2.45, 2.75) is 49.9 Å². The summed E-state index contributed by atoms with van der Waals surface area (Å²) < 4.78 is 109. The van der Waals surface area contributed by atoms with Gasteiger partial charge < -0.3 is 9.16 Å². The maximum atomic E-state index is 13.0.